The summed E-state index contributed by atoms with van der Waals surface area (Å²) < 4.78 is 6.24. The summed E-state index contributed by atoms with van der Waals surface area (Å²) in [6, 6.07) is 4.69. The Bertz CT molecular complexity index is 839. The van der Waals surface area contributed by atoms with Crippen molar-refractivity contribution in [3.8, 4) is 6.07 Å². The molecule has 3 atom stereocenters. The molecule has 3 aliphatic rings. The summed E-state index contributed by atoms with van der Waals surface area (Å²) in [6.07, 6.45) is 10.2. The zero-order valence-electron chi connectivity index (χ0n) is 17.2. The molecule has 1 aliphatic heterocycles. The predicted molar refractivity (Wildman–Crippen MR) is 119 cm³/mol. The Morgan fingerprint density at radius 3 is 2.59 bits per heavy atom. The molecule has 2 aromatic heterocycles. The first-order valence-electron chi connectivity index (χ1n) is 10.8. The Labute approximate surface area is 181 Å². The van der Waals surface area contributed by atoms with E-state index in [9.17, 15) is 0 Å². The van der Waals surface area contributed by atoms with Gasteiger partial charge >= 0.3 is 0 Å². The Kier molecular flexibility index (Phi) is 7.93. The van der Waals surface area contributed by atoms with Crippen LogP contribution in [0, 0.1) is 17.2 Å². The lowest BCUT2D eigenvalue weighted by Gasteiger charge is -2.23. The standard InChI is InChI=1S/C14H14BrN3O.C6H11NO.C2H6/c15-13-11-6-10(7-16)19-12(11)8-17-14(13)18-9-4-2-1-3-5-9;8-6-2-4-1-5(6)7-3-4;1-2/h6,8-9H,1-5H2,(H,17,18);4-8H,1-3H2;1-2H3. The molecular formula is C22H31BrN4O2. The number of furan rings is 1. The maximum Gasteiger partial charge on any atom is 0.204 e. The molecule has 2 aromatic rings. The maximum absolute atomic E-state index is 9.16. The quantitative estimate of drug-likeness (QED) is 0.583. The van der Waals surface area contributed by atoms with E-state index in [0.29, 0.717) is 23.4 Å². The van der Waals surface area contributed by atoms with Crippen LogP contribution in [0.2, 0.25) is 0 Å². The minimum Gasteiger partial charge on any atom is -0.444 e. The van der Waals surface area contributed by atoms with Crippen LogP contribution >= 0.6 is 15.9 Å². The molecule has 158 valence electrons. The van der Waals surface area contributed by atoms with Gasteiger partial charge in [0.2, 0.25) is 5.76 Å². The predicted octanol–water partition coefficient (Wildman–Crippen LogP) is 4.96. The zero-order chi connectivity index (χ0) is 20.8. The summed E-state index contributed by atoms with van der Waals surface area (Å²) >= 11 is 3.56. The molecule has 3 N–H and O–H groups in total. The average Bonchev–Trinajstić information content (AvgIpc) is 3.48. The number of halogens is 1. The van der Waals surface area contributed by atoms with Crippen molar-refractivity contribution in [2.75, 3.05) is 11.9 Å². The molecular weight excluding hydrogens is 432 g/mol. The zero-order valence-corrected chi connectivity index (χ0v) is 18.8. The number of pyridine rings is 1. The number of nitrogens with zero attached hydrogens (tertiary/aromatic N) is 2. The average molecular weight is 463 g/mol. The minimum absolute atomic E-state index is 0.0336. The molecule has 3 unspecified atom stereocenters. The van der Waals surface area contributed by atoms with E-state index >= 15 is 0 Å². The van der Waals surface area contributed by atoms with Crippen LogP contribution in [-0.4, -0.2) is 34.8 Å². The van der Waals surface area contributed by atoms with Gasteiger partial charge < -0.3 is 20.2 Å². The fraction of sp³-hybridized carbons (Fsp3) is 0.636. The SMILES string of the molecule is CC.N#Cc1cc2c(Br)c(NC3CCCCC3)ncc2o1.OC1CC2CNC1C2. The van der Waals surface area contributed by atoms with Gasteiger partial charge in [-0.3, -0.25) is 0 Å². The number of piperidine rings is 1. The number of aromatic nitrogens is 1. The normalized spacial score (nSPS) is 25.6. The number of rotatable bonds is 2. The van der Waals surface area contributed by atoms with Crippen LogP contribution in [0.25, 0.3) is 11.0 Å². The summed E-state index contributed by atoms with van der Waals surface area (Å²) in [5.74, 6) is 1.94. The monoisotopic (exact) mass is 462 g/mol. The lowest BCUT2D eigenvalue weighted by atomic mass is 9.95. The number of hydrogen-bond donors (Lipinski definition) is 3. The molecule has 0 amide bonds. The van der Waals surface area contributed by atoms with Crippen LogP contribution in [0.15, 0.2) is 21.2 Å². The second-order valence-electron chi connectivity index (χ2n) is 7.82. The molecule has 0 radical (unpaired) electrons. The summed E-state index contributed by atoms with van der Waals surface area (Å²) in [5, 5.41) is 25.7. The molecule has 0 aromatic carbocycles. The molecule has 2 aliphatic carbocycles. The number of aliphatic hydroxyl groups excluding tert-OH is 1. The smallest absolute Gasteiger partial charge is 0.204 e. The van der Waals surface area contributed by atoms with Crippen molar-refractivity contribution in [3.05, 3.63) is 22.5 Å². The highest BCUT2D eigenvalue weighted by Crippen LogP contribution is 2.33. The summed E-state index contributed by atoms with van der Waals surface area (Å²) in [5.41, 5.74) is 0.637. The van der Waals surface area contributed by atoms with Gasteiger partial charge in [0.1, 0.15) is 11.9 Å². The summed E-state index contributed by atoms with van der Waals surface area (Å²) in [4.78, 5) is 4.39. The Hall–Kier alpha value is -1.62. The van der Waals surface area contributed by atoms with Gasteiger partial charge in [-0.2, -0.15) is 5.26 Å². The van der Waals surface area contributed by atoms with Gasteiger partial charge in [0.15, 0.2) is 5.58 Å². The summed E-state index contributed by atoms with van der Waals surface area (Å²) in [7, 11) is 0. The van der Waals surface area contributed by atoms with Gasteiger partial charge in [-0.05, 0) is 54.1 Å². The molecule has 1 saturated heterocycles. The third-order valence-electron chi connectivity index (χ3n) is 5.87. The molecule has 2 bridgehead atoms. The first-order chi connectivity index (χ1) is 14.1. The third kappa shape index (κ3) is 5.30. The molecule has 3 heterocycles. The van der Waals surface area contributed by atoms with Crippen molar-refractivity contribution in [2.45, 2.75) is 77.0 Å². The molecule has 7 heteroatoms. The molecule has 0 spiro atoms. The number of nitriles is 1. The van der Waals surface area contributed by atoms with Crippen molar-refractivity contribution < 1.29 is 9.52 Å². The van der Waals surface area contributed by atoms with Gasteiger partial charge in [0.05, 0.1) is 16.8 Å². The van der Waals surface area contributed by atoms with Crippen molar-refractivity contribution in [1.82, 2.24) is 10.3 Å². The van der Waals surface area contributed by atoms with Crippen molar-refractivity contribution in [2.24, 2.45) is 5.92 Å². The van der Waals surface area contributed by atoms with Crippen LogP contribution in [0.1, 0.15) is 64.6 Å². The minimum atomic E-state index is -0.0336. The number of hydrogen-bond acceptors (Lipinski definition) is 6. The largest absolute Gasteiger partial charge is 0.444 e. The first kappa shape index (κ1) is 22.1. The number of anilines is 1. The van der Waals surface area contributed by atoms with E-state index in [1.165, 1.54) is 38.5 Å². The van der Waals surface area contributed by atoms with Gasteiger partial charge in [0.25, 0.3) is 0 Å². The van der Waals surface area contributed by atoms with Crippen LogP contribution < -0.4 is 10.6 Å². The van der Waals surface area contributed by atoms with Crippen LogP contribution in [0.5, 0.6) is 0 Å². The lowest BCUT2D eigenvalue weighted by molar-refractivity contribution is 0.134. The Morgan fingerprint density at radius 1 is 1.28 bits per heavy atom. The van der Waals surface area contributed by atoms with Gasteiger partial charge in [-0.15, -0.1) is 0 Å². The fourth-order valence-electron chi connectivity index (χ4n) is 4.40. The van der Waals surface area contributed by atoms with E-state index in [0.717, 1.165) is 34.6 Å². The summed E-state index contributed by atoms with van der Waals surface area (Å²) in [6.45, 7) is 5.14. The highest BCUT2D eigenvalue weighted by molar-refractivity contribution is 9.10. The maximum atomic E-state index is 9.16. The van der Waals surface area contributed by atoms with E-state index < -0.39 is 0 Å². The molecule has 5 rings (SSSR count). The van der Waals surface area contributed by atoms with Crippen LogP contribution in [0.3, 0.4) is 0 Å². The Balaban J connectivity index is 0.000000199. The Morgan fingerprint density at radius 2 is 2.03 bits per heavy atom. The molecule has 29 heavy (non-hydrogen) atoms. The van der Waals surface area contributed by atoms with Crippen molar-refractivity contribution in [3.63, 3.8) is 0 Å². The van der Waals surface area contributed by atoms with E-state index in [-0.39, 0.29) is 6.10 Å². The van der Waals surface area contributed by atoms with Crippen LogP contribution in [-0.2, 0) is 0 Å². The molecule has 6 nitrogen and oxygen atoms in total. The number of fused-ring (bicyclic) bond motifs is 3. The van der Waals surface area contributed by atoms with Crippen LogP contribution in [0.4, 0.5) is 5.82 Å². The van der Waals surface area contributed by atoms with Gasteiger partial charge in [-0.25, -0.2) is 4.98 Å². The lowest BCUT2D eigenvalue weighted by Crippen LogP contribution is -2.36. The van der Waals surface area contributed by atoms with Gasteiger partial charge in [-0.1, -0.05) is 33.1 Å². The highest BCUT2D eigenvalue weighted by Gasteiger charge is 2.37. The number of nitrogens with one attached hydrogen (secondary N) is 2. The third-order valence-corrected chi connectivity index (χ3v) is 6.67. The highest BCUT2D eigenvalue weighted by atomic mass is 79.9. The van der Waals surface area contributed by atoms with E-state index in [1.54, 1.807) is 12.3 Å². The molecule has 3 fully saturated rings. The van der Waals surface area contributed by atoms with Crippen molar-refractivity contribution in [1.29, 1.82) is 5.26 Å². The first-order valence-corrected chi connectivity index (χ1v) is 11.6. The van der Waals surface area contributed by atoms with Crippen molar-refractivity contribution >= 4 is 32.7 Å². The molecule has 2 saturated carbocycles. The second kappa shape index (κ2) is 10.4. The van der Waals surface area contributed by atoms with E-state index in [1.807, 2.05) is 19.9 Å². The topological polar surface area (TPSA) is 94.1 Å². The van der Waals surface area contributed by atoms with E-state index in [4.69, 9.17) is 14.8 Å². The van der Waals surface area contributed by atoms with E-state index in [2.05, 4.69) is 31.5 Å². The fourth-order valence-corrected chi connectivity index (χ4v) is 4.92. The van der Waals surface area contributed by atoms with Gasteiger partial charge in [0, 0.05) is 23.5 Å². The number of aliphatic hydroxyl groups is 1. The second-order valence-corrected chi connectivity index (χ2v) is 8.61.